The van der Waals surface area contributed by atoms with Gasteiger partial charge in [0.05, 0.1) is 0 Å². The van der Waals surface area contributed by atoms with E-state index in [1.807, 2.05) is 6.07 Å². The first-order chi connectivity index (χ1) is 11.0. The molecule has 0 saturated heterocycles. The van der Waals surface area contributed by atoms with Gasteiger partial charge in [-0.2, -0.15) is 0 Å². The second-order valence-electron chi connectivity index (χ2n) is 6.94. The van der Waals surface area contributed by atoms with Crippen LogP contribution in [-0.2, 0) is 0 Å². The van der Waals surface area contributed by atoms with E-state index in [1.54, 1.807) is 13.1 Å². The van der Waals surface area contributed by atoms with Gasteiger partial charge < -0.3 is 10.3 Å². The van der Waals surface area contributed by atoms with Crippen molar-refractivity contribution in [2.24, 2.45) is 5.41 Å². The lowest BCUT2D eigenvalue weighted by atomic mass is 9.54. The normalized spacial score (nSPS) is 19.4. The lowest BCUT2D eigenvalue weighted by Crippen LogP contribution is -2.54. The SMILES string of the molecule is Cc1c(C(=O)NC2CC3(CCC3)C2)c(=O)[nH]c2ncc(Br)cc12. The van der Waals surface area contributed by atoms with Gasteiger partial charge in [-0.25, -0.2) is 4.98 Å². The van der Waals surface area contributed by atoms with Gasteiger partial charge in [0.2, 0.25) is 0 Å². The van der Waals surface area contributed by atoms with Crippen LogP contribution < -0.4 is 10.9 Å². The fraction of sp³-hybridized carbons (Fsp3) is 0.471. The fourth-order valence-corrected chi connectivity index (χ4v) is 4.33. The van der Waals surface area contributed by atoms with Crippen molar-refractivity contribution < 1.29 is 4.79 Å². The molecule has 23 heavy (non-hydrogen) atoms. The van der Waals surface area contributed by atoms with E-state index in [2.05, 4.69) is 31.2 Å². The van der Waals surface area contributed by atoms with E-state index in [4.69, 9.17) is 0 Å². The van der Waals surface area contributed by atoms with Crippen LogP contribution in [0.15, 0.2) is 21.5 Å². The molecule has 5 nitrogen and oxygen atoms in total. The first-order valence-electron chi connectivity index (χ1n) is 7.96. The van der Waals surface area contributed by atoms with Crippen molar-refractivity contribution >= 4 is 32.9 Å². The second kappa shape index (κ2) is 5.16. The second-order valence-corrected chi connectivity index (χ2v) is 7.85. The van der Waals surface area contributed by atoms with Crippen molar-refractivity contribution in [2.75, 3.05) is 0 Å². The average molecular weight is 376 g/mol. The zero-order valence-electron chi connectivity index (χ0n) is 12.9. The van der Waals surface area contributed by atoms with E-state index in [0.717, 1.165) is 22.7 Å². The number of fused-ring (bicyclic) bond motifs is 1. The highest BCUT2D eigenvalue weighted by Gasteiger charge is 2.48. The minimum Gasteiger partial charge on any atom is -0.349 e. The number of aryl methyl sites for hydroxylation is 1. The molecule has 2 aromatic heterocycles. The predicted octanol–water partition coefficient (Wildman–Crippen LogP) is 3.06. The summed E-state index contributed by atoms with van der Waals surface area (Å²) < 4.78 is 0.817. The summed E-state index contributed by atoms with van der Waals surface area (Å²) in [6.45, 7) is 1.80. The van der Waals surface area contributed by atoms with E-state index < -0.39 is 0 Å². The van der Waals surface area contributed by atoms with Crippen molar-refractivity contribution in [1.29, 1.82) is 0 Å². The molecule has 1 spiro atoms. The maximum Gasteiger partial charge on any atom is 0.262 e. The third-order valence-corrected chi connectivity index (χ3v) is 5.86. The number of amides is 1. The zero-order chi connectivity index (χ0) is 16.2. The Balaban J connectivity index is 1.62. The van der Waals surface area contributed by atoms with Crippen molar-refractivity contribution in [3.05, 3.63) is 38.2 Å². The molecule has 2 N–H and O–H groups in total. The number of rotatable bonds is 2. The molecule has 0 radical (unpaired) electrons. The van der Waals surface area contributed by atoms with Gasteiger partial charge >= 0.3 is 0 Å². The number of aromatic nitrogens is 2. The fourth-order valence-electron chi connectivity index (χ4n) is 4.00. The maximum atomic E-state index is 12.6. The third kappa shape index (κ3) is 2.40. The van der Waals surface area contributed by atoms with Crippen LogP contribution in [0.2, 0.25) is 0 Å². The molecule has 2 fully saturated rings. The monoisotopic (exact) mass is 375 g/mol. The molecular formula is C17H18BrN3O2. The number of carbonyl (C=O) groups excluding carboxylic acids is 1. The number of hydrogen-bond donors (Lipinski definition) is 2. The van der Waals surface area contributed by atoms with E-state index in [0.29, 0.717) is 16.6 Å². The highest BCUT2D eigenvalue weighted by molar-refractivity contribution is 9.10. The van der Waals surface area contributed by atoms with Gasteiger partial charge in [0, 0.05) is 22.1 Å². The molecule has 0 unspecified atom stereocenters. The molecule has 2 heterocycles. The standard InChI is InChI=1S/C17H18BrN3O2/c1-9-12-5-10(18)8-19-14(12)21-16(23)13(9)15(22)20-11-6-17(7-11)3-2-4-17/h5,8,11H,2-4,6-7H2,1H3,(H,20,22)(H,19,21,23). The maximum absolute atomic E-state index is 12.6. The lowest BCUT2D eigenvalue weighted by Gasteiger charge is -2.54. The first kappa shape index (κ1) is 14.9. The van der Waals surface area contributed by atoms with E-state index in [1.165, 1.54) is 19.3 Å². The van der Waals surface area contributed by atoms with Crippen LogP contribution in [0.4, 0.5) is 0 Å². The number of pyridine rings is 2. The van der Waals surface area contributed by atoms with Crippen molar-refractivity contribution in [2.45, 2.75) is 45.1 Å². The third-order valence-electron chi connectivity index (χ3n) is 5.43. The van der Waals surface area contributed by atoms with Crippen LogP contribution in [0.3, 0.4) is 0 Å². The summed E-state index contributed by atoms with van der Waals surface area (Å²) in [7, 11) is 0. The number of halogens is 1. The summed E-state index contributed by atoms with van der Waals surface area (Å²) >= 11 is 3.38. The van der Waals surface area contributed by atoms with Crippen molar-refractivity contribution in [1.82, 2.24) is 15.3 Å². The molecule has 120 valence electrons. The smallest absolute Gasteiger partial charge is 0.262 e. The van der Waals surface area contributed by atoms with Gasteiger partial charge in [-0.05, 0) is 65.6 Å². The molecule has 2 aliphatic rings. The molecule has 2 aromatic rings. The quantitative estimate of drug-likeness (QED) is 0.846. The zero-order valence-corrected chi connectivity index (χ0v) is 14.5. The van der Waals surface area contributed by atoms with Gasteiger partial charge in [0.15, 0.2) is 0 Å². The summed E-state index contributed by atoms with van der Waals surface area (Å²) in [6.07, 6.45) is 7.62. The van der Waals surface area contributed by atoms with Crippen LogP contribution in [-0.4, -0.2) is 21.9 Å². The Bertz CT molecular complexity index is 862. The Morgan fingerprint density at radius 2 is 2.17 bits per heavy atom. The van der Waals surface area contributed by atoms with E-state index >= 15 is 0 Å². The number of carbonyl (C=O) groups is 1. The predicted molar refractivity (Wildman–Crippen MR) is 91.6 cm³/mol. The Morgan fingerprint density at radius 3 is 2.83 bits per heavy atom. The summed E-state index contributed by atoms with van der Waals surface area (Å²) in [5, 5.41) is 3.81. The van der Waals surface area contributed by atoms with Crippen molar-refractivity contribution in [3.8, 4) is 0 Å². The van der Waals surface area contributed by atoms with Crippen molar-refractivity contribution in [3.63, 3.8) is 0 Å². The summed E-state index contributed by atoms with van der Waals surface area (Å²) in [5.41, 5.74) is 1.50. The van der Waals surface area contributed by atoms with E-state index in [9.17, 15) is 9.59 Å². The average Bonchev–Trinajstić information content (AvgIpc) is 2.41. The largest absolute Gasteiger partial charge is 0.349 e. The van der Waals surface area contributed by atoms with E-state index in [-0.39, 0.29) is 23.1 Å². The van der Waals surface area contributed by atoms with Gasteiger partial charge in [-0.3, -0.25) is 9.59 Å². The molecule has 2 saturated carbocycles. The molecule has 0 bridgehead atoms. The number of nitrogens with one attached hydrogen (secondary N) is 2. The minimum absolute atomic E-state index is 0.201. The lowest BCUT2D eigenvalue weighted by molar-refractivity contribution is -0.000650. The molecule has 0 aromatic carbocycles. The van der Waals surface area contributed by atoms with Crippen LogP contribution >= 0.6 is 15.9 Å². The Kier molecular flexibility index (Phi) is 3.34. The van der Waals surface area contributed by atoms with Crippen LogP contribution in [0.25, 0.3) is 11.0 Å². The Morgan fingerprint density at radius 1 is 1.43 bits per heavy atom. The minimum atomic E-state index is -0.375. The molecule has 0 aliphatic heterocycles. The summed E-state index contributed by atoms with van der Waals surface area (Å²) in [4.78, 5) is 31.8. The summed E-state index contributed by atoms with van der Waals surface area (Å²) in [6, 6.07) is 2.08. The highest BCUT2D eigenvalue weighted by atomic mass is 79.9. The van der Waals surface area contributed by atoms with Crippen LogP contribution in [0.5, 0.6) is 0 Å². The molecule has 4 rings (SSSR count). The van der Waals surface area contributed by atoms with Crippen LogP contribution in [0, 0.1) is 12.3 Å². The first-order valence-corrected chi connectivity index (χ1v) is 8.76. The van der Waals surface area contributed by atoms with Gasteiger partial charge in [-0.1, -0.05) is 6.42 Å². The Hall–Kier alpha value is -1.69. The Labute approximate surface area is 142 Å². The highest BCUT2D eigenvalue weighted by Crippen LogP contribution is 2.55. The number of H-pyrrole nitrogens is 1. The molecular weight excluding hydrogens is 358 g/mol. The molecule has 6 heteroatoms. The molecule has 1 amide bonds. The van der Waals surface area contributed by atoms with Gasteiger partial charge in [-0.15, -0.1) is 0 Å². The molecule has 2 aliphatic carbocycles. The summed E-state index contributed by atoms with van der Waals surface area (Å²) in [5.74, 6) is -0.273. The van der Waals surface area contributed by atoms with Gasteiger partial charge in [0.1, 0.15) is 11.2 Å². The topological polar surface area (TPSA) is 74.8 Å². The van der Waals surface area contributed by atoms with Gasteiger partial charge in [0.25, 0.3) is 11.5 Å². The number of hydrogen-bond acceptors (Lipinski definition) is 3. The number of nitrogens with zero attached hydrogens (tertiary/aromatic N) is 1. The van der Waals surface area contributed by atoms with Crippen LogP contribution in [0.1, 0.15) is 48.0 Å². The number of aromatic amines is 1. The molecule has 0 atom stereocenters.